The Morgan fingerprint density at radius 3 is 2.59 bits per heavy atom. The maximum Gasteiger partial charge on any atom is 0.256 e. The van der Waals surface area contributed by atoms with Gasteiger partial charge in [-0.2, -0.15) is 11.3 Å². The highest BCUT2D eigenvalue weighted by Crippen LogP contribution is 2.13. The van der Waals surface area contributed by atoms with E-state index in [1.807, 2.05) is 17.5 Å². The van der Waals surface area contributed by atoms with Crippen LogP contribution in [0.4, 0.5) is 5.69 Å². The zero-order valence-corrected chi connectivity index (χ0v) is 13.1. The minimum atomic E-state index is -0.133. The van der Waals surface area contributed by atoms with Crippen LogP contribution in [0.15, 0.2) is 41.1 Å². The zero-order valence-electron chi connectivity index (χ0n) is 12.3. The average molecular weight is 318 g/mol. The fraction of sp³-hybridized carbons (Fsp3) is 0.250. The first-order valence-electron chi connectivity index (χ1n) is 6.87. The van der Waals surface area contributed by atoms with Crippen LogP contribution in [-0.2, 0) is 16.0 Å². The van der Waals surface area contributed by atoms with Crippen LogP contribution in [0.25, 0.3) is 0 Å². The lowest BCUT2D eigenvalue weighted by Crippen LogP contribution is -2.28. The Hall–Kier alpha value is -2.18. The number of benzene rings is 1. The maximum atomic E-state index is 11.9. The fourth-order valence-corrected chi connectivity index (χ4v) is 2.48. The largest absolute Gasteiger partial charge is 0.383 e. The molecule has 0 fully saturated rings. The third-order valence-electron chi connectivity index (χ3n) is 2.99. The molecule has 6 heteroatoms. The van der Waals surface area contributed by atoms with Crippen LogP contribution in [0.2, 0.25) is 0 Å². The smallest absolute Gasteiger partial charge is 0.256 e. The standard InChI is InChI=1S/C16H18N2O3S/c1-21-8-7-17-15(19)10-12-2-4-14(5-3-12)18-16(20)13-6-9-22-11-13/h2-6,9,11H,7-8,10H2,1H3,(H,17,19)(H,18,20). The summed E-state index contributed by atoms with van der Waals surface area (Å²) in [7, 11) is 1.59. The van der Waals surface area contributed by atoms with Gasteiger partial charge in [0.05, 0.1) is 18.6 Å². The summed E-state index contributed by atoms with van der Waals surface area (Å²) < 4.78 is 4.87. The molecule has 0 radical (unpaired) electrons. The number of hydrogen-bond donors (Lipinski definition) is 2. The van der Waals surface area contributed by atoms with Crippen molar-refractivity contribution in [2.75, 3.05) is 25.6 Å². The van der Waals surface area contributed by atoms with Gasteiger partial charge in [-0.25, -0.2) is 0 Å². The molecule has 1 heterocycles. The third kappa shape index (κ3) is 4.98. The predicted molar refractivity (Wildman–Crippen MR) is 87.3 cm³/mol. The number of nitrogens with one attached hydrogen (secondary N) is 2. The molecule has 0 aliphatic heterocycles. The SMILES string of the molecule is COCCNC(=O)Cc1ccc(NC(=O)c2ccsc2)cc1. The van der Waals surface area contributed by atoms with E-state index < -0.39 is 0 Å². The first kappa shape index (κ1) is 16.2. The number of hydrogen-bond acceptors (Lipinski definition) is 4. The van der Waals surface area contributed by atoms with Crippen LogP contribution in [0, 0.1) is 0 Å². The topological polar surface area (TPSA) is 67.4 Å². The Kier molecular flexibility index (Phi) is 6.12. The van der Waals surface area contributed by atoms with Crippen molar-refractivity contribution in [2.24, 2.45) is 0 Å². The van der Waals surface area contributed by atoms with E-state index in [1.54, 1.807) is 30.7 Å². The molecular formula is C16H18N2O3S. The summed E-state index contributed by atoms with van der Waals surface area (Å²) in [4.78, 5) is 23.6. The predicted octanol–water partition coefficient (Wildman–Crippen LogP) is 2.31. The number of ether oxygens (including phenoxy) is 1. The number of thiophene rings is 1. The first-order valence-corrected chi connectivity index (χ1v) is 7.81. The molecule has 0 aliphatic carbocycles. The van der Waals surface area contributed by atoms with Crippen molar-refractivity contribution in [3.8, 4) is 0 Å². The van der Waals surface area contributed by atoms with Gasteiger partial charge in [-0.1, -0.05) is 12.1 Å². The second kappa shape index (κ2) is 8.31. The minimum Gasteiger partial charge on any atom is -0.383 e. The Morgan fingerprint density at radius 1 is 1.18 bits per heavy atom. The summed E-state index contributed by atoms with van der Waals surface area (Å²) in [5.74, 6) is -0.182. The molecule has 0 bridgehead atoms. The van der Waals surface area contributed by atoms with Gasteiger partial charge in [0.15, 0.2) is 0 Å². The van der Waals surface area contributed by atoms with E-state index >= 15 is 0 Å². The van der Waals surface area contributed by atoms with Gasteiger partial charge >= 0.3 is 0 Å². The Morgan fingerprint density at radius 2 is 1.95 bits per heavy atom. The van der Waals surface area contributed by atoms with Crippen molar-refractivity contribution in [3.63, 3.8) is 0 Å². The second-order valence-corrected chi connectivity index (χ2v) is 5.46. The van der Waals surface area contributed by atoms with Gasteiger partial charge in [0.1, 0.15) is 0 Å². The molecule has 0 saturated heterocycles. The van der Waals surface area contributed by atoms with Crippen LogP contribution in [0.5, 0.6) is 0 Å². The molecule has 2 rings (SSSR count). The molecule has 2 N–H and O–H groups in total. The van der Waals surface area contributed by atoms with Crippen LogP contribution >= 0.6 is 11.3 Å². The normalized spacial score (nSPS) is 10.2. The van der Waals surface area contributed by atoms with Crippen molar-refractivity contribution in [2.45, 2.75) is 6.42 Å². The van der Waals surface area contributed by atoms with Crippen molar-refractivity contribution in [1.29, 1.82) is 0 Å². The molecule has 0 atom stereocenters. The van der Waals surface area contributed by atoms with E-state index in [1.165, 1.54) is 11.3 Å². The summed E-state index contributed by atoms with van der Waals surface area (Å²) >= 11 is 1.48. The molecule has 5 nitrogen and oxygen atoms in total. The van der Waals surface area contributed by atoms with Crippen molar-refractivity contribution in [1.82, 2.24) is 5.32 Å². The lowest BCUT2D eigenvalue weighted by atomic mass is 10.1. The molecule has 0 saturated carbocycles. The number of methoxy groups -OCH3 is 1. The van der Waals surface area contributed by atoms with E-state index in [0.29, 0.717) is 30.8 Å². The van der Waals surface area contributed by atoms with Crippen LogP contribution in [0.3, 0.4) is 0 Å². The van der Waals surface area contributed by atoms with Crippen LogP contribution in [0.1, 0.15) is 15.9 Å². The quantitative estimate of drug-likeness (QED) is 0.770. The summed E-state index contributed by atoms with van der Waals surface area (Å²) in [6.45, 7) is 1.00. The summed E-state index contributed by atoms with van der Waals surface area (Å²) in [6.07, 6.45) is 0.308. The first-order chi connectivity index (χ1) is 10.7. The van der Waals surface area contributed by atoms with Gasteiger partial charge in [0.2, 0.25) is 5.91 Å². The third-order valence-corrected chi connectivity index (χ3v) is 3.67. The Bertz CT molecular complexity index is 609. The molecule has 0 aliphatic rings. The molecule has 1 aromatic heterocycles. The lowest BCUT2D eigenvalue weighted by Gasteiger charge is -2.07. The van der Waals surface area contributed by atoms with E-state index in [0.717, 1.165) is 5.56 Å². The number of rotatable bonds is 7. The molecule has 1 aromatic carbocycles. The summed E-state index contributed by atoms with van der Waals surface area (Å²) in [6, 6.07) is 9.03. The summed E-state index contributed by atoms with van der Waals surface area (Å²) in [5, 5.41) is 9.24. The summed E-state index contributed by atoms with van der Waals surface area (Å²) in [5.41, 5.74) is 2.25. The van der Waals surface area contributed by atoms with Gasteiger partial charge in [0.25, 0.3) is 5.91 Å². The number of carbonyl (C=O) groups is 2. The van der Waals surface area contributed by atoms with Crippen LogP contribution in [-0.4, -0.2) is 32.1 Å². The molecule has 0 spiro atoms. The van der Waals surface area contributed by atoms with Crippen molar-refractivity contribution < 1.29 is 14.3 Å². The molecule has 116 valence electrons. The molecule has 2 amide bonds. The lowest BCUT2D eigenvalue weighted by molar-refractivity contribution is -0.120. The number of anilines is 1. The highest BCUT2D eigenvalue weighted by molar-refractivity contribution is 7.08. The van der Waals surface area contributed by atoms with E-state index in [2.05, 4.69) is 10.6 Å². The van der Waals surface area contributed by atoms with Gasteiger partial charge in [0, 0.05) is 24.7 Å². The van der Waals surface area contributed by atoms with E-state index in [9.17, 15) is 9.59 Å². The van der Waals surface area contributed by atoms with Gasteiger partial charge in [-0.05, 0) is 29.1 Å². The van der Waals surface area contributed by atoms with Crippen molar-refractivity contribution >= 4 is 28.8 Å². The van der Waals surface area contributed by atoms with Crippen LogP contribution < -0.4 is 10.6 Å². The highest BCUT2D eigenvalue weighted by atomic mass is 32.1. The second-order valence-electron chi connectivity index (χ2n) is 4.68. The Labute approximate surface area is 133 Å². The van der Waals surface area contributed by atoms with E-state index in [-0.39, 0.29) is 11.8 Å². The average Bonchev–Trinajstić information content (AvgIpc) is 3.04. The maximum absolute atomic E-state index is 11.9. The highest BCUT2D eigenvalue weighted by Gasteiger charge is 2.07. The minimum absolute atomic E-state index is 0.0490. The molecule has 22 heavy (non-hydrogen) atoms. The number of amides is 2. The van der Waals surface area contributed by atoms with Gasteiger partial charge < -0.3 is 15.4 Å². The molecular weight excluding hydrogens is 300 g/mol. The monoisotopic (exact) mass is 318 g/mol. The van der Waals surface area contributed by atoms with Gasteiger partial charge in [-0.3, -0.25) is 9.59 Å². The van der Waals surface area contributed by atoms with Crippen molar-refractivity contribution in [3.05, 3.63) is 52.2 Å². The fourth-order valence-electron chi connectivity index (χ4n) is 1.84. The molecule has 0 unspecified atom stereocenters. The van der Waals surface area contributed by atoms with E-state index in [4.69, 9.17) is 4.74 Å². The zero-order chi connectivity index (χ0) is 15.8. The van der Waals surface area contributed by atoms with Gasteiger partial charge in [-0.15, -0.1) is 0 Å². The number of carbonyl (C=O) groups excluding carboxylic acids is 2. The Balaban J connectivity index is 1.85. The molecule has 2 aromatic rings.